The number of nitrogens with one attached hydrogen (secondary N) is 1. The van der Waals surface area contributed by atoms with E-state index in [0.717, 1.165) is 26.6 Å². The molecule has 10 heteroatoms. The lowest BCUT2D eigenvalue weighted by molar-refractivity contribution is -0.140. The number of anilines is 1. The van der Waals surface area contributed by atoms with Gasteiger partial charge >= 0.3 is 0 Å². The van der Waals surface area contributed by atoms with E-state index >= 15 is 0 Å². The van der Waals surface area contributed by atoms with E-state index in [-0.39, 0.29) is 45.5 Å². The Labute approximate surface area is 275 Å². The van der Waals surface area contributed by atoms with Gasteiger partial charge in [-0.05, 0) is 69.2 Å². The molecular formula is C35H37Cl2N3O4S. The molecular weight excluding hydrogens is 629 g/mol. The first-order valence-corrected chi connectivity index (χ1v) is 16.8. The molecule has 7 nitrogen and oxygen atoms in total. The number of rotatable bonds is 12. The maximum atomic E-state index is 14.5. The molecule has 4 aromatic carbocycles. The third kappa shape index (κ3) is 8.87. The van der Waals surface area contributed by atoms with Crippen molar-refractivity contribution in [1.29, 1.82) is 0 Å². The van der Waals surface area contributed by atoms with Crippen molar-refractivity contribution in [3.8, 4) is 0 Å². The Morgan fingerprint density at radius 2 is 1.40 bits per heavy atom. The van der Waals surface area contributed by atoms with Gasteiger partial charge < -0.3 is 10.2 Å². The molecule has 0 aliphatic rings. The molecule has 0 fully saturated rings. The number of carbonyl (C=O) groups excluding carboxylic acids is 2. The molecule has 4 rings (SSSR count). The third-order valence-electron chi connectivity index (χ3n) is 7.24. The van der Waals surface area contributed by atoms with Gasteiger partial charge in [-0.15, -0.1) is 0 Å². The van der Waals surface area contributed by atoms with Crippen LogP contribution in [0.4, 0.5) is 5.69 Å². The Balaban J connectivity index is 1.83. The highest BCUT2D eigenvalue weighted by atomic mass is 35.5. The lowest BCUT2D eigenvalue weighted by Gasteiger charge is -2.34. The summed E-state index contributed by atoms with van der Waals surface area (Å²) >= 11 is 12.8. The van der Waals surface area contributed by atoms with Gasteiger partial charge in [0.2, 0.25) is 11.8 Å². The molecule has 0 unspecified atom stereocenters. The molecule has 0 aromatic heterocycles. The van der Waals surface area contributed by atoms with Gasteiger partial charge in [0.05, 0.1) is 15.6 Å². The minimum Gasteiger partial charge on any atom is -0.352 e. The van der Waals surface area contributed by atoms with E-state index in [2.05, 4.69) is 5.32 Å². The zero-order valence-corrected chi connectivity index (χ0v) is 28.0. The number of benzene rings is 4. The van der Waals surface area contributed by atoms with E-state index in [1.807, 2.05) is 82.3 Å². The lowest BCUT2D eigenvalue weighted by atomic mass is 10.0. The van der Waals surface area contributed by atoms with E-state index in [9.17, 15) is 18.0 Å². The number of aryl methyl sites for hydroxylation is 2. The SMILES string of the molecule is Cc1ccc(CN(C(=O)CN(c2cc(Cl)ccc2Cl)S(=O)(=O)c2ccc(C)cc2)[C@H](Cc2ccccc2)C(=O)NC(C)C)cc1. The quantitative estimate of drug-likeness (QED) is 0.177. The number of hydrogen-bond donors (Lipinski definition) is 1. The fourth-order valence-electron chi connectivity index (χ4n) is 4.85. The zero-order valence-electron chi connectivity index (χ0n) is 25.7. The lowest BCUT2D eigenvalue weighted by Crippen LogP contribution is -2.54. The van der Waals surface area contributed by atoms with Gasteiger partial charge in [0, 0.05) is 24.0 Å². The molecule has 0 spiro atoms. The van der Waals surface area contributed by atoms with E-state index in [4.69, 9.17) is 23.2 Å². The van der Waals surface area contributed by atoms with Crippen LogP contribution in [0.5, 0.6) is 0 Å². The molecule has 0 heterocycles. The second-order valence-corrected chi connectivity index (χ2v) is 14.0. The van der Waals surface area contributed by atoms with Crippen LogP contribution in [0.3, 0.4) is 0 Å². The Morgan fingerprint density at radius 1 is 0.800 bits per heavy atom. The summed E-state index contributed by atoms with van der Waals surface area (Å²) < 4.78 is 29.3. The van der Waals surface area contributed by atoms with Crippen LogP contribution in [0.2, 0.25) is 10.0 Å². The highest BCUT2D eigenvalue weighted by molar-refractivity contribution is 7.92. The summed E-state index contributed by atoms with van der Waals surface area (Å²) in [6.07, 6.45) is 0.222. The van der Waals surface area contributed by atoms with Crippen molar-refractivity contribution in [3.05, 3.63) is 129 Å². The summed E-state index contributed by atoms with van der Waals surface area (Å²) in [5.74, 6) is -0.926. The molecule has 2 amide bonds. The van der Waals surface area contributed by atoms with Gasteiger partial charge in [-0.3, -0.25) is 13.9 Å². The maximum absolute atomic E-state index is 14.5. The number of carbonyl (C=O) groups is 2. The molecule has 45 heavy (non-hydrogen) atoms. The summed E-state index contributed by atoms with van der Waals surface area (Å²) in [7, 11) is -4.30. The first-order chi connectivity index (χ1) is 21.3. The predicted octanol–water partition coefficient (Wildman–Crippen LogP) is 6.97. The van der Waals surface area contributed by atoms with E-state index in [0.29, 0.717) is 0 Å². The molecule has 0 saturated carbocycles. The van der Waals surface area contributed by atoms with Crippen LogP contribution in [-0.4, -0.2) is 43.8 Å². The van der Waals surface area contributed by atoms with Crippen LogP contribution in [-0.2, 0) is 32.6 Å². The normalized spacial score (nSPS) is 12.1. The topological polar surface area (TPSA) is 86.8 Å². The van der Waals surface area contributed by atoms with Crippen molar-refractivity contribution >= 4 is 50.7 Å². The van der Waals surface area contributed by atoms with Crippen LogP contribution in [0.25, 0.3) is 0 Å². The highest BCUT2D eigenvalue weighted by Gasteiger charge is 2.35. The van der Waals surface area contributed by atoms with Crippen molar-refractivity contribution in [2.75, 3.05) is 10.8 Å². The number of hydrogen-bond acceptors (Lipinski definition) is 4. The largest absolute Gasteiger partial charge is 0.352 e. The van der Waals surface area contributed by atoms with Gasteiger partial charge in [-0.25, -0.2) is 8.42 Å². The molecule has 4 aromatic rings. The van der Waals surface area contributed by atoms with Gasteiger partial charge in [-0.2, -0.15) is 0 Å². The number of amides is 2. The smallest absolute Gasteiger partial charge is 0.264 e. The summed E-state index contributed by atoms with van der Waals surface area (Å²) in [6.45, 7) is 6.96. The average Bonchev–Trinajstić information content (AvgIpc) is 3.00. The standard InChI is InChI=1S/C35H37Cl2N3O4S/c1-24(2)38-35(42)33(20-27-8-6-5-7-9-27)39(22-28-14-10-25(3)11-15-28)34(41)23-40(32-21-29(36)16-19-31(32)37)45(43,44)30-17-12-26(4)13-18-30/h5-19,21,24,33H,20,22-23H2,1-4H3,(H,38,42)/t33-/m1/s1. The zero-order chi connectivity index (χ0) is 32.7. The predicted molar refractivity (Wildman–Crippen MR) is 181 cm³/mol. The minimum absolute atomic E-state index is 0.0135. The van der Waals surface area contributed by atoms with E-state index in [1.54, 1.807) is 18.2 Å². The van der Waals surface area contributed by atoms with Crippen molar-refractivity contribution in [3.63, 3.8) is 0 Å². The molecule has 236 valence electrons. The number of halogens is 2. The molecule has 0 bridgehead atoms. The summed E-state index contributed by atoms with van der Waals surface area (Å²) in [5.41, 5.74) is 3.62. The van der Waals surface area contributed by atoms with Crippen LogP contribution in [0.15, 0.2) is 102 Å². The van der Waals surface area contributed by atoms with Crippen molar-refractivity contribution in [1.82, 2.24) is 10.2 Å². The molecule has 1 atom stereocenters. The van der Waals surface area contributed by atoms with Crippen molar-refractivity contribution in [2.24, 2.45) is 0 Å². The first kappa shape index (κ1) is 34.0. The molecule has 0 aliphatic heterocycles. The maximum Gasteiger partial charge on any atom is 0.264 e. The van der Waals surface area contributed by atoms with Gasteiger partial charge in [-0.1, -0.05) is 101 Å². The van der Waals surface area contributed by atoms with Gasteiger partial charge in [0.25, 0.3) is 10.0 Å². The first-order valence-electron chi connectivity index (χ1n) is 14.6. The minimum atomic E-state index is -4.30. The Morgan fingerprint density at radius 3 is 2.00 bits per heavy atom. The summed E-state index contributed by atoms with van der Waals surface area (Å²) in [4.78, 5) is 29.7. The highest BCUT2D eigenvalue weighted by Crippen LogP contribution is 2.33. The third-order valence-corrected chi connectivity index (χ3v) is 9.57. The Bertz CT molecular complexity index is 1730. The van der Waals surface area contributed by atoms with Crippen LogP contribution < -0.4 is 9.62 Å². The Kier molecular flexibility index (Phi) is 11.3. The monoisotopic (exact) mass is 665 g/mol. The second-order valence-electron chi connectivity index (χ2n) is 11.3. The molecule has 0 aliphatic carbocycles. The number of nitrogens with zero attached hydrogens (tertiary/aromatic N) is 2. The van der Waals surface area contributed by atoms with E-state index < -0.39 is 28.5 Å². The van der Waals surface area contributed by atoms with Gasteiger partial charge in [0.15, 0.2) is 0 Å². The van der Waals surface area contributed by atoms with Crippen molar-refractivity contribution in [2.45, 2.75) is 57.6 Å². The fraction of sp³-hybridized carbons (Fsp3) is 0.257. The molecule has 0 saturated heterocycles. The summed E-state index contributed by atoms with van der Waals surface area (Å²) in [5, 5.41) is 3.31. The Hall–Kier alpha value is -3.85. The fourth-order valence-corrected chi connectivity index (χ4v) is 6.71. The van der Waals surface area contributed by atoms with Crippen LogP contribution >= 0.6 is 23.2 Å². The second kappa shape index (κ2) is 15.0. The van der Waals surface area contributed by atoms with Crippen LogP contribution in [0, 0.1) is 13.8 Å². The van der Waals surface area contributed by atoms with E-state index in [1.165, 1.54) is 29.2 Å². The van der Waals surface area contributed by atoms with Crippen LogP contribution in [0.1, 0.15) is 36.1 Å². The molecule has 1 N–H and O–H groups in total. The number of sulfonamides is 1. The summed E-state index contributed by atoms with van der Waals surface area (Å²) in [6, 6.07) is 26.7. The van der Waals surface area contributed by atoms with Gasteiger partial charge in [0.1, 0.15) is 12.6 Å². The molecule has 0 radical (unpaired) electrons. The average molecular weight is 667 g/mol. The van der Waals surface area contributed by atoms with Crippen molar-refractivity contribution < 1.29 is 18.0 Å².